The van der Waals surface area contributed by atoms with Gasteiger partial charge in [0.05, 0.1) is 17.3 Å². The Hall–Kier alpha value is -6.83. The molecule has 0 bridgehead atoms. The van der Waals surface area contributed by atoms with Crippen LogP contribution in [0.3, 0.4) is 0 Å². The molecule has 7 heteroatoms. The molecule has 0 N–H and O–H groups in total. The van der Waals surface area contributed by atoms with E-state index in [0.29, 0.717) is 17.5 Å². The molecule has 4 heterocycles. The van der Waals surface area contributed by atoms with Gasteiger partial charge < -0.3 is 0 Å². The second-order valence-corrected chi connectivity index (χ2v) is 14.7. The first-order valence-corrected chi connectivity index (χ1v) is 19.1. The predicted octanol–water partition coefficient (Wildman–Crippen LogP) is 11.3. The second-order valence-electron chi connectivity index (χ2n) is 13.5. The smallest absolute Gasteiger partial charge is 0.163 e. The molecule has 0 fully saturated rings. The monoisotopic (exact) mass is 724 g/mol. The average molecular weight is 725 g/mol. The first kappa shape index (κ1) is 32.8. The molecule has 0 saturated carbocycles. The molecule has 1 aliphatic carbocycles. The Bertz CT molecular complexity index is 2600. The van der Waals surface area contributed by atoms with Crippen molar-refractivity contribution in [2.45, 2.75) is 16.1 Å². The lowest BCUT2D eigenvalue weighted by molar-refractivity contribution is 0.788. The summed E-state index contributed by atoms with van der Waals surface area (Å²) >= 11 is 1.89. The van der Waals surface area contributed by atoms with E-state index in [4.69, 9.17) is 24.9 Å². The Balaban J connectivity index is 0.958. The van der Waals surface area contributed by atoms with Crippen LogP contribution in [-0.4, -0.2) is 35.2 Å². The van der Waals surface area contributed by atoms with Crippen molar-refractivity contribution in [1.82, 2.24) is 29.9 Å². The number of fused-ring (bicyclic) bond motifs is 3. The molecule has 260 valence electrons. The summed E-state index contributed by atoms with van der Waals surface area (Å²) in [5.41, 5.74) is 11.5. The lowest BCUT2D eigenvalue weighted by atomic mass is 9.88. The van der Waals surface area contributed by atoms with Crippen molar-refractivity contribution < 1.29 is 0 Å². The van der Waals surface area contributed by atoms with Gasteiger partial charge in [-0.1, -0.05) is 146 Å². The predicted molar refractivity (Wildman–Crippen MR) is 222 cm³/mol. The maximum absolute atomic E-state index is 5.09. The van der Waals surface area contributed by atoms with Crippen molar-refractivity contribution in [2.24, 2.45) is 0 Å². The van der Waals surface area contributed by atoms with Gasteiger partial charge in [-0.25, -0.2) is 24.9 Å². The number of thioether (sulfide) groups is 1. The third kappa shape index (κ3) is 6.45. The molecule has 0 spiro atoms. The van der Waals surface area contributed by atoms with Crippen molar-refractivity contribution in [3.63, 3.8) is 0 Å². The van der Waals surface area contributed by atoms with Crippen LogP contribution < -0.4 is 0 Å². The fourth-order valence-electron chi connectivity index (χ4n) is 7.23. The minimum atomic E-state index is -0.0155. The molecule has 2 atom stereocenters. The van der Waals surface area contributed by atoms with Gasteiger partial charge in [0.25, 0.3) is 0 Å². The van der Waals surface area contributed by atoms with Crippen LogP contribution in [-0.2, 0) is 0 Å². The summed E-state index contributed by atoms with van der Waals surface area (Å²) in [7, 11) is 0. The summed E-state index contributed by atoms with van der Waals surface area (Å²) in [5.74, 6) is 2.82. The van der Waals surface area contributed by atoms with Crippen molar-refractivity contribution in [3.05, 3.63) is 194 Å². The van der Waals surface area contributed by atoms with Crippen LogP contribution in [0.15, 0.2) is 187 Å². The normalized spacial score (nSPS) is 15.6. The number of pyridine rings is 1. The highest BCUT2D eigenvalue weighted by Gasteiger charge is 2.37. The van der Waals surface area contributed by atoms with Gasteiger partial charge in [0.1, 0.15) is 5.82 Å². The van der Waals surface area contributed by atoms with E-state index in [-0.39, 0.29) is 11.2 Å². The topological polar surface area (TPSA) is 77.3 Å². The van der Waals surface area contributed by atoms with Gasteiger partial charge in [0.15, 0.2) is 17.5 Å². The van der Waals surface area contributed by atoms with Gasteiger partial charge in [-0.15, -0.1) is 11.8 Å². The van der Waals surface area contributed by atoms with Gasteiger partial charge in [0.2, 0.25) is 0 Å². The van der Waals surface area contributed by atoms with Gasteiger partial charge in [0, 0.05) is 50.4 Å². The minimum absolute atomic E-state index is 0.0155. The number of nitrogens with zero attached hydrogens (tertiary/aromatic N) is 6. The standard InChI is InChI=1S/C48H32N6S/c1-4-12-33(13-5-1)45-50-41(29-42(51-45)37-18-11-27-49-30-37)32-23-21-31(22-24-32)36-25-26-38-39-19-10-20-40(44(39)55-43(38)28-36)48-53-46(34-14-6-2-7-15-34)52-47(54-48)35-16-8-3-9-17-35/h1-30,40,44H. The van der Waals surface area contributed by atoms with Gasteiger partial charge >= 0.3 is 0 Å². The average Bonchev–Trinajstić information content (AvgIpc) is 3.66. The van der Waals surface area contributed by atoms with Gasteiger partial charge in [-0.05, 0) is 46.5 Å². The Morgan fingerprint density at radius 3 is 1.64 bits per heavy atom. The van der Waals surface area contributed by atoms with Crippen molar-refractivity contribution in [1.29, 1.82) is 0 Å². The highest BCUT2D eigenvalue weighted by atomic mass is 32.2. The first-order chi connectivity index (χ1) is 27.2. The van der Waals surface area contributed by atoms with Crippen LogP contribution >= 0.6 is 11.8 Å². The zero-order chi connectivity index (χ0) is 36.6. The number of hydrogen-bond acceptors (Lipinski definition) is 7. The zero-order valence-electron chi connectivity index (χ0n) is 29.6. The van der Waals surface area contributed by atoms with Crippen LogP contribution in [0.1, 0.15) is 17.3 Å². The zero-order valence-corrected chi connectivity index (χ0v) is 30.4. The molecule has 0 saturated heterocycles. The van der Waals surface area contributed by atoms with Crippen molar-refractivity contribution in [2.75, 3.05) is 0 Å². The fourth-order valence-corrected chi connectivity index (χ4v) is 8.70. The molecule has 0 amide bonds. The third-order valence-corrected chi connectivity index (χ3v) is 11.4. The molecule has 3 aromatic heterocycles. The highest BCUT2D eigenvalue weighted by Crippen LogP contribution is 2.53. The van der Waals surface area contributed by atoms with Crippen LogP contribution in [0.2, 0.25) is 0 Å². The summed E-state index contributed by atoms with van der Waals surface area (Å²) < 4.78 is 0. The maximum atomic E-state index is 5.09. The number of hydrogen-bond donors (Lipinski definition) is 0. The second kappa shape index (κ2) is 14.2. The molecular formula is C48H32N6S. The maximum Gasteiger partial charge on any atom is 0.163 e. The summed E-state index contributed by atoms with van der Waals surface area (Å²) in [5, 5.41) is 0.151. The molecule has 5 aromatic carbocycles. The quantitative estimate of drug-likeness (QED) is 0.162. The Morgan fingerprint density at radius 2 is 1.02 bits per heavy atom. The van der Waals surface area contributed by atoms with E-state index in [2.05, 4.69) is 89.9 Å². The summed E-state index contributed by atoms with van der Waals surface area (Å²) in [4.78, 5) is 30.6. The van der Waals surface area contributed by atoms with Crippen LogP contribution in [0.25, 0.3) is 73.4 Å². The van der Waals surface area contributed by atoms with E-state index < -0.39 is 0 Å². The highest BCUT2D eigenvalue weighted by molar-refractivity contribution is 8.01. The van der Waals surface area contributed by atoms with E-state index in [1.54, 1.807) is 6.20 Å². The molecule has 1 aliphatic heterocycles. The molecular weight excluding hydrogens is 693 g/mol. The SMILES string of the molecule is C1=CC(c2nc(-c3ccccc3)nc(-c3ccccc3)n2)C2Sc3cc(-c4ccc(-c5cc(-c6cccnc6)nc(-c6ccccc6)n5)cc4)ccc3C2=C1. The van der Waals surface area contributed by atoms with Crippen LogP contribution in [0, 0.1) is 0 Å². The molecule has 2 aliphatic rings. The molecule has 6 nitrogen and oxygen atoms in total. The minimum Gasteiger partial charge on any atom is -0.264 e. The fraction of sp³-hybridized carbons (Fsp3) is 0.0417. The number of allylic oxidation sites excluding steroid dienone is 3. The molecule has 0 radical (unpaired) electrons. The van der Waals surface area contributed by atoms with Gasteiger partial charge in [-0.3, -0.25) is 4.98 Å². The Kier molecular flexibility index (Phi) is 8.46. The molecule has 10 rings (SSSR count). The lowest BCUT2D eigenvalue weighted by Crippen LogP contribution is -2.18. The van der Waals surface area contributed by atoms with Gasteiger partial charge in [-0.2, -0.15) is 0 Å². The van der Waals surface area contributed by atoms with Crippen molar-refractivity contribution >= 4 is 17.3 Å². The first-order valence-electron chi connectivity index (χ1n) is 18.3. The van der Waals surface area contributed by atoms with E-state index in [1.165, 1.54) is 21.6 Å². The number of benzene rings is 5. The summed E-state index contributed by atoms with van der Waals surface area (Å²) in [6.45, 7) is 0. The summed E-state index contributed by atoms with van der Waals surface area (Å²) in [6.07, 6.45) is 10.3. The Morgan fingerprint density at radius 1 is 0.455 bits per heavy atom. The van der Waals surface area contributed by atoms with Crippen molar-refractivity contribution in [3.8, 4) is 67.8 Å². The summed E-state index contributed by atoms with van der Waals surface area (Å²) in [6, 6.07) is 51.9. The Labute approximate surface area is 323 Å². The van der Waals surface area contributed by atoms with E-state index in [9.17, 15) is 0 Å². The van der Waals surface area contributed by atoms with E-state index in [1.807, 2.05) is 103 Å². The molecule has 2 unspecified atom stereocenters. The van der Waals surface area contributed by atoms with Crippen LogP contribution in [0.5, 0.6) is 0 Å². The molecule has 55 heavy (non-hydrogen) atoms. The third-order valence-electron chi connectivity index (χ3n) is 10.0. The van der Waals surface area contributed by atoms with E-state index >= 15 is 0 Å². The largest absolute Gasteiger partial charge is 0.264 e. The van der Waals surface area contributed by atoms with Crippen LogP contribution in [0.4, 0.5) is 0 Å². The number of aromatic nitrogens is 6. The number of rotatable bonds is 7. The lowest BCUT2D eigenvalue weighted by Gasteiger charge is -2.23. The van der Waals surface area contributed by atoms with E-state index in [0.717, 1.165) is 50.6 Å². The molecule has 8 aromatic rings.